The molecule has 8 aromatic carbocycles. The van der Waals surface area contributed by atoms with Crippen molar-refractivity contribution in [3.8, 4) is 16.8 Å². The zero-order chi connectivity index (χ0) is 31.8. The van der Waals surface area contributed by atoms with Crippen molar-refractivity contribution in [3.05, 3.63) is 158 Å². The quantitative estimate of drug-likeness (QED) is 0.178. The Morgan fingerprint density at radius 1 is 0.367 bits per heavy atom. The molecule has 226 valence electrons. The maximum atomic E-state index is 2.52. The van der Waals surface area contributed by atoms with Crippen LogP contribution >= 0.6 is 11.3 Å². The van der Waals surface area contributed by atoms with Gasteiger partial charge in [0.25, 0.3) is 0 Å². The van der Waals surface area contributed by atoms with E-state index in [4.69, 9.17) is 0 Å². The van der Waals surface area contributed by atoms with Gasteiger partial charge in [-0.15, -0.1) is 11.3 Å². The third-order valence-corrected chi connectivity index (χ3v) is 12.0. The topological polar surface area (TPSA) is 9.34 Å². The Bertz CT molecular complexity index is 3320. The van der Waals surface area contributed by atoms with Crippen molar-refractivity contribution in [1.29, 1.82) is 0 Å². The molecule has 0 spiro atoms. The highest BCUT2D eigenvalue weighted by Crippen LogP contribution is 2.44. The number of rotatable bonds is 2. The van der Waals surface area contributed by atoms with Gasteiger partial charge < -0.3 is 8.97 Å². The molecule has 12 aromatic rings. The molecular weight excluding hydrogens is 613 g/mol. The van der Waals surface area contributed by atoms with Gasteiger partial charge in [-0.05, 0) is 71.1 Å². The monoisotopic (exact) mass is 638 g/mol. The molecule has 0 fully saturated rings. The van der Waals surface area contributed by atoms with Crippen molar-refractivity contribution >= 4 is 102 Å². The van der Waals surface area contributed by atoms with E-state index in [1.165, 1.54) is 108 Å². The number of benzene rings is 8. The minimum absolute atomic E-state index is 1.18. The minimum Gasteiger partial charge on any atom is -0.309 e. The van der Waals surface area contributed by atoms with E-state index in [0.717, 1.165) is 0 Å². The van der Waals surface area contributed by atoms with Crippen LogP contribution in [0.4, 0.5) is 0 Å². The molecule has 0 bridgehead atoms. The maximum absolute atomic E-state index is 2.52. The van der Waals surface area contributed by atoms with Crippen LogP contribution in [0.3, 0.4) is 0 Å². The Morgan fingerprint density at radius 3 is 1.96 bits per heavy atom. The van der Waals surface area contributed by atoms with E-state index in [2.05, 4.69) is 167 Å². The molecule has 0 atom stereocenters. The normalized spacial score (nSPS) is 12.5. The first-order valence-electron chi connectivity index (χ1n) is 16.9. The maximum Gasteiger partial charge on any atom is 0.0620 e. The van der Waals surface area contributed by atoms with Gasteiger partial charge in [-0.3, -0.25) is 0 Å². The van der Waals surface area contributed by atoms with Crippen LogP contribution in [0.15, 0.2) is 158 Å². The molecule has 0 unspecified atom stereocenters. The van der Waals surface area contributed by atoms with Crippen LogP contribution in [0.5, 0.6) is 0 Å². The molecule has 0 saturated carbocycles. The SMILES string of the molecule is c1ccc(-n2c3ccccc3c3ccc(-c4ccc5c(c4)c4cccc6c7cc8ccc9c%10ccccc%10sc9c8cc7n5c46)cc32)cc1. The summed E-state index contributed by atoms with van der Waals surface area (Å²) in [5.41, 5.74) is 9.94. The van der Waals surface area contributed by atoms with Gasteiger partial charge in [-0.2, -0.15) is 0 Å². The van der Waals surface area contributed by atoms with Crippen LogP contribution in [-0.4, -0.2) is 8.97 Å². The van der Waals surface area contributed by atoms with E-state index < -0.39 is 0 Å². The number of nitrogens with zero attached hydrogens (tertiary/aromatic N) is 2. The molecule has 0 amide bonds. The highest BCUT2D eigenvalue weighted by molar-refractivity contribution is 7.26. The molecule has 4 aromatic heterocycles. The average molecular weight is 639 g/mol. The van der Waals surface area contributed by atoms with Gasteiger partial charge in [0, 0.05) is 63.6 Å². The smallest absolute Gasteiger partial charge is 0.0620 e. The lowest BCUT2D eigenvalue weighted by Gasteiger charge is -2.09. The lowest BCUT2D eigenvalue weighted by atomic mass is 10.00. The number of para-hydroxylation sites is 3. The van der Waals surface area contributed by atoms with Crippen molar-refractivity contribution in [2.24, 2.45) is 0 Å². The first-order valence-corrected chi connectivity index (χ1v) is 17.7. The van der Waals surface area contributed by atoms with Crippen LogP contribution in [0.1, 0.15) is 0 Å². The van der Waals surface area contributed by atoms with Gasteiger partial charge in [0.05, 0.1) is 27.6 Å². The van der Waals surface area contributed by atoms with Gasteiger partial charge in [0.15, 0.2) is 0 Å². The summed E-state index contributed by atoms with van der Waals surface area (Å²) in [6, 6.07) is 58.6. The summed E-state index contributed by atoms with van der Waals surface area (Å²) in [7, 11) is 0. The van der Waals surface area contributed by atoms with E-state index in [-0.39, 0.29) is 0 Å². The number of thiophene rings is 1. The summed E-state index contributed by atoms with van der Waals surface area (Å²) in [4.78, 5) is 0. The fraction of sp³-hybridized carbons (Fsp3) is 0. The predicted octanol–water partition coefficient (Wildman–Crippen LogP) is 13.1. The lowest BCUT2D eigenvalue weighted by molar-refractivity contribution is 1.18. The first kappa shape index (κ1) is 25.9. The van der Waals surface area contributed by atoms with E-state index in [1.807, 2.05) is 11.3 Å². The Labute approximate surface area is 284 Å². The van der Waals surface area contributed by atoms with Gasteiger partial charge >= 0.3 is 0 Å². The molecule has 0 radical (unpaired) electrons. The van der Waals surface area contributed by atoms with Crippen LogP contribution < -0.4 is 0 Å². The molecule has 0 saturated heterocycles. The standard InChI is InChI=1S/C46H26N2S/c1-2-9-30(10-3-1)47-40-15-6-4-11-31(40)32-20-17-28(25-42(32)47)27-19-22-41-38(23-27)34-13-8-14-35-39-24-29-18-21-36-33-12-5-7-16-44(33)49-46(36)37(29)26-43(39)48(41)45(34)35/h1-26H. The van der Waals surface area contributed by atoms with Gasteiger partial charge in [0.2, 0.25) is 0 Å². The predicted molar refractivity (Wildman–Crippen MR) is 211 cm³/mol. The Balaban J connectivity index is 1.12. The largest absolute Gasteiger partial charge is 0.309 e. The number of hydrogen-bond acceptors (Lipinski definition) is 1. The number of fused-ring (bicyclic) bond motifs is 14. The summed E-state index contributed by atoms with van der Waals surface area (Å²) in [6.45, 7) is 0. The second-order valence-electron chi connectivity index (χ2n) is 13.3. The van der Waals surface area contributed by atoms with E-state index in [1.54, 1.807) is 0 Å². The average Bonchev–Trinajstić information content (AvgIpc) is 3.89. The summed E-state index contributed by atoms with van der Waals surface area (Å²) < 4.78 is 7.63. The molecule has 49 heavy (non-hydrogen) atoms. The number of hydrogen-bond donors (Lipinski definition) is 0. The van der Waals surface area contributed by atoms with Crippen molar-refractivity contribution in [1.82, 2.24) is 8.97 Å². The zero-order valence-electron chi connectivity index (χ0n) is 26.3. The zero-order valence-corrected chi connectivity index (χ0v) is 27.1. The van der Waals surface area contributed by atoms with E-state index in [0.29, 0.717) is 0 Å². The second-order valence-corrected chi connectivity index (χ2v) is 14.4. The molecule has 0 aliphatic heterocycles. The van der Waals surface area contributed by atoms with Gasteiger partial charge in [-0.1, -0.05) is 103 Å². The fourth-order valence-corrected chi connectivity index (χ4v) is 9.89. The summed E-state index contributed by atoms with van der Waals surface area (Å²) in [5, 5.41) is 13.1. The third-order valence-electron chi connectivity index (χ3n) is 10.8. The van der Waals surface area contributed by atoms with E-state index in [9.17, 15) is 0 Å². The van der Waals surface area contributed by atoms with Gasteiger partial charge in [-0.25, -0.2) is 0 Å². The Kier molecular flexibility index (Phi) is 4.89. The van der Waals surface area contributed by atoms with Gasteiger partial charge in [0.1, 0.15) is 0 Å². The first-order chi connectivity index (χ1) is 24.3. The van der Waals surface area contributed by atoms with Crippen LogP contribution in [0, 0.1) is 0 Å². The highest BCUT2D eigenvalue weighted by atomic mass is 32.1. The third kappa shape index (κ3) is 3.35. The summed E-state index contributed by atoms with van der Waals surface area (Å²) in [6.07, 6.45) is 0. The van der Waals surface area contributed by atoms with Crippen molar-refractivity contribution < 1.29 is 0 Å². The molecule has 3 heteroatoms. The summed E-state index contributed by atoms with van der Waals surface area (Å²) in [5.74, 6) is 0. The minimum atomic E-state index is 1.18. The van der Waals surface area contributed by atoms with Crippen molar-refractivity contribution in [2.45, 2.75) is 0 Å². The van der Waals surface area contributed by atoms with Crippen molar-refractivity contribution in [2.75, 3.05) is 0 Å². The highest BCUT2D eigenvalue weighted by Gasteiger charge is 2.20. The molecule has 2 nitrogen and oxygen atoms in total. The van der Waals surface area contributed by atoms with Crippen LogP contribution in [0.2, 0.25) is 0 Å². The molecule has 0 aliphatic carbocycles. The van der Waals surface area contributed by atoms with E-state index >= 15 is 0 Å². The van der Waals surface area contributed by atoms with Crippen LogP contribution in [0.25, 0.3) is 108 Å². The van der Waals surface area contributed by atoms with Crippen LogP contribution in [-0.2, 0) is 0 Å². The lowest BCUT2D eigenvalue weighted by Crippen LogP contribution is -1.93. The molecule has 4 heterocycles. The Hall–Kier alpha value is -6.16. The number of aromatic nitrogens is 2. The molecule has 0 aliphatic rings. The van der Waals surface area contributed by atoms with Crippen molar-refractivity contribution in [3.63, 3.8) is 0 Å². The summed E-state index contributed by atoms with van der Waals surface area (Å²) >= 11 is 1.91. The second kappa shape index (κ2) is 9.25. The molecular formula is C46H26N2S. The Morgan fingerprint density at radius 2 is 1.06 bits per heavy atom. The molecule has 12 rings (SSSR count). The fourth-order valence-electron chi connectivity index (χ4n) is 8.67. The molecule has 0 N–H and O–H groups in total.